The van der Waals surface area contributed by atoms with Gasteiger partial charge in [0.15, 0.2) is 0 Å². The third-order valence-corrected chi connectivity index (χ3v) is 3.82. The monoisotopic (exact) mass is 279 g/mol. The number of hydrogen-bond donors (Lipinski definition) is 1. The van der Waals surface area contributed by atoms with E-state index >= 15 is 0 Å². The van der Waals surface area contributed by atoms with Crippen LogP contribution in [0.3, 0.4) is 0 Å². The largest absolute Gasteiger partial charge is 0.490 e. The van der Waals surface area contributed by atoms with Gasteiger partial charge >= 0.3 is 0 Å². The molecule has 0 aliphatic heterocycles. The first-order chi connectivity index (χ1) is 9.60. The van der Waals surface area contributed by atoms with E-state index in [-0.39, 0.29) is 17.7 Å². The number of aryl methyl sites for hydroxylation is 1. The molecular formula is C16H22FNO2. The predicted molar refractivity (Wildman–Crippen MR) is 76.5 cm³/mol. The lowest BCUT2D eigenvalue weighted by atomic mass is 9.89. The quantitative estimate of drug-likeness (QED) is 0.834. The second-order valence-corrected chi connectivity index (χ2v) is 5.38. The van der Waals surface area contributed by atoms with Crippen molar-refractivity contribution in [2.24, 2.45) is 0 Å². The van der Waals surface area contributed by atoms with Crippen LogP contribution < -0.4 is 10.1 Å². The second-order valence-electron chi connectivity index (χ2n) is 5.38. The molecule has 3 nitrogen and oxygen atoms in total. The number of benzene rings is 1. The zero-order valence-electron chi connectivity index (χ0n) is 12.1. The number of ketones is 1. The van der Waals surface area contributed by atoms with Crippen molar-refractivity contribution in [1.29, 1.82) is 0 Å². The highest BCUT2D eigenvalue weighted by molar-refractivity contribution is 5.78. The number of rotatable bonds is 7. The minimum Gasteiger partial charge on any atom is -0.490 e. The summed E-state index contributed by atoms with van der Waals surface area (Å²) < 4.78 is 19.3. The van der Waals surface area contributed by atoms with Crippen molar-refractivity contribution in [3.8, 4) is 5.75 Å². The molecule has 1 aliphatic carbocycles. The molecular weight excluding hydrogens is 257 g/mol. The van der Waals surface area contributed by atoms with E-state index in [1.807, 2.05) is 20.0 Å². The summed E-state index contributed by atoms with van der Waals surface area (Å²) in [7, 11) is 1.94. The zero-order chi connectivity index (χ0) is 14.5. The summed E-state index contributed by atoms with van der Waals surface area (Å²) in [4.78, 5) is 11.3. The Hall–Kier alpha value is -1.42. The molecule has 0 amide bonds. The smallest absolute Gasteiger partial charge is 0.132 e. The van der Waals surface area contributed by atoms with E-state index < -0.39 is 0 Å². The summed E-state index contributed by atoms with van der Waals surface area (Å²) in [6, 6.07) is 5.25. The molecule has 110 valence electrons. The van der Waals surface area contributed by atoms with Crippen LogP contribution in [0.1, 0.15) is 38.2 Å². The molecule has 1 aromatic rings. The standard InChI is InChI=1S/C16H22FNO2/c1-3-14(19)5-4-11-6-12(17)8-15(7-11)20-16-9-13(10-16)18-2/h6-8,13,16,18H,3-5,9-10H2,1-2H3. The molecule has 0 spiro atoms. The molecule has 20 heavy (non-hydrogen) atoms. The average molecular weight is 279 g/mol. The first kappa shape index (κ1) is 15.0. The van der Waals surface area contributed by atoms with Crippen LogP contribution >= 0.6 is 0 Å². The second kappa shape index (κ2) is 6.84. The van der Waals surface area contributed by atoms with Crippen molar-refractivity contribution in [3.63, 3.8) is 0 Å². The molecule has 2 rings (SSSR count). The van der Waals surface area contributed by atoms with Crippen molar-refractivity contribution in [3.05, 3.63) is 29.6 Å². The number of nitrogens with one attached hydrogen (secondary N) is 1. The summed E-state index contributed by atoms with van der Waals surface area (Å²) in [5.74, 6) is 0.474. The van der Waals surface area contributed by atoms with Gasteiger partial charge in [-0.05, 0) is 44.0 Å². The minimum absolute atomic E-state index is 0.166. The third-order valence-electron chi connectivity index (χ3n) is 3.82. The summed E-state index contributed by atoms with van der Waals surface area (Å²) in [5.41, 5.74) is 0.825. The first-order valence-corrected chi connectivity index (χ1v) is 7.25. The maximum Gasteiger partial charge on any atom is 0.132 e. The van der Waals surface area contributed by atoms with Gasteiger partial charge in [-0.3, -0.25) is 4.79 Å². The van der Waals surface area contributed by atoms with Crippen LogP contribution in [-0.2, 0) is 11.2 Å². The highest BCUT2D eigenvalue weighted by Gasteiger charge is 2.29. The van der Waals surface area contributed by atoms with Crippen molar-refractivity contribution in [1.82, 2.24) is 5.32 Å². The van der Waals surface area contributed by atoms with Gasteiger partial charge in [0.25, 0.3) is 0 Å². The van der Waals surface area contributed by atoms with E-state index in [0.717, 1.165) is 18.4 Å². The molecule has 0 unspecified atom stereocenters. The van der Waals surface area contributed by atoms with Gasteiger partial charge < -0.3 is 10.1 Å². The van der Waals surface area contributed by atoms with E-state index in [2.05, 4.69) is 5.32 Å². The van der Waals surface area contributed by atoms with Gasteiger partial charge in [0, 0.05) is 24.9 Å². The fourth-order valence-corrected chi connectivity index (χ4v) is 2.38. The van der Waals surface area contributed by atoms with Gasteiger partial charge in [0.1, 0.15) is 23.5 Å². The van der Waals surface area contributed by atoms with Gasteiger partial charge in [0.05, 0.1) is 0 Å². The van der Waals surface area contributed by atoms with Gasteiger partial charge in [-0.2, -0.15) is 0 Å². The Morgan fingerprint density at radius 3 is 2.80 bits per heavy atom. The SMILES string of the molecule is CCC(=O)CCc1cc(F)cc(OC2CC(NC)C2)c1. The molecule has 0 radical (unpaired) electrons. The van der Waals surface area contributed by atoms with Gasteiger partial charge in [-0.1, -0.05) is 6.92 Å². The Bertz CT molecular complexity index is 470. The van der Waals surface area contributed by atoms with Crippen LogP contribution in [0.25, 0.3) is 0 Å². The third kappa shape index (κ3) is 4.04. The van der Waals surface area contributed by atoms with Crippen LogP contribution in [0.15, 0.2) is 18.2 Å². The number of Topliss-reactive ketones (excluding diaryl/α,β-unsaturated/α-hetero) is 1. The molecule has 0 atom stereocenters. The molecule has 0 saturated heterocycles. The summed E-state index contributed by atoms with van der Waals surface area (Å²) >= 11 is 0. The number of halogens is 1. The summed E-state index contributed by atoms with van der Waals surface area (Å²) in [5, 5.41) is 3.19. The average Bonchev–Trinajstić information content (AvgIpc) is 2.39. The molecule has 1 aromatic carbocycles. The normalized spacial score (nSPS) is 21.4. The van der Waals surface area contributed by atoms with Gasteiger partial charge in [0.2, 0.25) is 0 Å². The fraction of sp³-hybridized carbons (Fsp3) is 0.562. The predicted octanol–water partition coefficient (Wildman–Crippen LogP) is 2.87. The number of carbonyl (C=O) groups excluding carboxylic acids is 1. The Balaban J connectivity index is 1.92. The van der Waals surface area contributed by atoms with Crippen LogP contribution in [0, 0.1) is 5.82 Å². The van der Waals surface area contributed by atoms with E-state index in [1.54, 1.807) is 0 Å². The van der Waals surface area contributed by atoms with Crippen molar-refractivity contribution < 1.29 is 13.9 Å². The number of hydrogen-bond acceptors (Lipinski definition) is 3. The Labute approximate surface area is 119 Å². The fourth-order valence-electron chi connectivity index (χ4n) is 2.38. The van der Waals surface area contributed by atoms with Gasteiger partial charge in [-0.25, -0.2) is 4.39 Å². The van der Waals surface area contributed by atoms with Crippen LogP contribution in [-0.4, -0.2) is 25.0 Å². The summed E-state index contributed by atoms with van der Waals surface area (Å²) in [6.07, 6.45) is 3.65. The number of ether oxygens (including phenoxy) is 1. The van der Waals surface area contributed by atoms with E-state index in [1.165, 1.54) is 12.1 Å². The zero-order valence-corrected chi connectivity index (χ0v) is 12.1. The Kier molecular flexibility index (Phi) is 5.12. The number of carbonyl (C=O) groups is 1. The molecule has 0 bridgehead atoms. The van der Waals surface area contributed by atoms with E-state index in [9.17, 15) is 9.18 Å². The molecule has 1 N–H and O–H groups in total. The van der Waals surface area contributed by atoms with Crippen LogP contribution in [0.5, 0.6) is 5.75 Å². The molecule has 0 heterocycles. The van der Waals surface area contributed by atoms with E-state index in [0.29, 0.717) is 31.1 Å². The highest BCUT2D eigenvalue weighted by Crippen LogP contribution is 2.27. The van der Waals surface area contributed by atoms with E-state index in [4.69, 9.17) is 4.74 Å². The van der Waals surface area contributed by atoms with Crippen molar-refractivity contribution in [2.45, 2.75) is 51.2 Å². The molecule has 0 aromatic heterocycles. The van der Waals surface area contributed by atoms with Crippen molar-refractivity contribution in [2.75, 3.05) is 7.05 Å². The molecule has 1 fully saturated rings. The molecule has 1 saturated carbocycles. The maximum atomic E-state index is 13.6. The lowest BCUT2D eigenvalue weighted by Gasteiger charge is -2.35. The topological polar surface area (TPSA) is 38.3 Å². The lowest BCUT2D eigenvalue weighted by molar-refractivity contribution is -0.118. The minimum atomic E-state index is -0.300. The van der Waals surface area contributed by atoms with Gasteiger partial charge in [-0.15, -0.1) is 0 Å². The lowest BCUT2D eigenvalue weighted by Crippen LogP contribution is -2.45. The molecule has 4 heteroatoms. The Morgan fingerprint density at radius 1 is 1.40 bits per heavy atom. The first-order valence-electron chi connectivity index (χ1n) is 7.25. The highest BCUT2D eigenvalue weighted by atomic mass is 19.1. The van der Waals surface area contributed by atoms with Crippen molar-refractivity contribution >= 4 is 5.78 Å². The Morgan fingerprint density at radius 2 is 2.15 bits per heavy atom. The maximum absolute atomic E-state index is 13.6. The van der Waals surface area contributed by atoms with Crippen LogP contribution in [0.2, 0.25) is 0 Å². The summed E-state index contributed by atoms with van der Waals surface area (Å²) in [6.45, 7) is 1.84. The molecule has 1 aliphatic rings. The van der Waals surface area contributed by atoms with Crippen LogP contribution in [0.4, 0.5) is 4.39 Å².